The van der Waals surface area contributed by atoms with Gasteiger partial charge in [0.15, 0.2) is 8.07 Å². The maximum absolute atomic E-state index is 6.99. The van der Waals surface area contributed by atoms with Crippen LogP contribution in [0, 0.1) is 0 Å². The van der Waals surface area contributed by atoms with Crippen LogP contribution >= 0.6 is 0 Å². The van der Waals surface area contributed by atoms with Crippen molar-refractivity contribution in [2.24, 2.45) is 0 Å². The smallest absolute Gasteiger partial charge is 0.434 e. The minimum atomic E-state index is -2.76. The quantitative estimate of drug-likeness (QED) is 0.125. The van der Waals surface area contributed by atoms with Crippen molar-refractivity contribution in [3.05, 3.63) is 218 Å². The number of nitrogens with zero attached hydrogens (tertiary/aromatic N) is 1. The molecule has 59 heavy (non-hydrogen) atoms. The zero-order valence-electron chi connectivity index (χ0n) is 32.1. The summed E-state index contributed by atoms with van der Waals surface area (Å²) in [5.74, 6) is 2.53. The van der Waals surface area contributed by atoms with Gasteiger partial charge in [-0.1, -0.05) is 170 Å². The summed E-state index contributed by atoms with van der Waals surface area (Å²) >= 11 is 0. The van der Waals surface area contributed by atoms with E-state index in [1.165, 1.54) is 42.6 Å². The topological polar surface area (TPSA) is 23.4 Å². The Kier molecular flexibility index (Phi) is 7.65. The molecule has 3 heterocycles. The number of para-hydroxylation sites is 3. The SMILES string of the molecule is c1ccc([Si](c2ccccc2)(c2ccccc2)c2cccc(-c3cc4c5c(c3)-c3cc(-n6c7ccccc7c7ccccc76)ccc3OB5c3ccccc3O4)c2)cc1. The number of benzene rings is 9. The van der Waals surface area contributed by atoms with Gasteiger partial charge in [-0.15, -0.1) is 0 Å². The Morgan fingerprint density at radius 3 is 1.63 bits per heavy atom. The summed E-state index contributed by atoms with van der Waals surface area (Å²) in [6.07, 6.45) is 0. The van der Waals surface area contributed by atoms with E-state index in [9.17, 15) is 0 Å². The highest BCUT2D eigenvalue weighted by Crippen LogP contribution is 2.43. The lowest BCUT2D eigenvalue weighted by Crippen LogP contribution is -2.74. The molecule has 0 spiro atoms. The number of hydrogen-bond acceptors (Lipinski definition) is 2. The van der Waals surface area contributed by atoms with E-state index in [-0.39, 0.29) is 6.92 Å². The van der Waals surface area contributed by atoms with Gasteiger partial charge in [0, 0.05) is 32.9 Å². The average Bonchev–Trinajstić information content (AvgIpc) is 3.65. The molecule has 5 heteroatoms. The summed E-state index contributed by atoms with van der Waals surface area (Å²) in [6.45, 7) is -0.286. The lowest BCUT2D eigenvalue weighted by atomic mass is 9.50. The van der Waals surface area contributed by atoms with Crippen molar-refractivity contribution in [3.63, 3.8) is 0 Å². The zero-order valence-corrected chi connectivity index (χ0v) is 33.1. The number of ether oxygens (including phenoxy) is 1. The van der Waals surface area contributed by atoms with Crippen LogP contribution in [-0.2, 0) is 0 Å². The largest absolute Gasteiger partial charge is 0.551 e. The first-order valence-electron chi connectivity index (χ1n) is 20.3. The Morgan fingerprint density at radius 2 is 0.966 bits per heavy atom. The van der Waals surface area contributed by atoms with Crippen molar-refractivity contribution in [2.75, 3.05) is 0 Å². The van der Waals surface area contributed by atoms with Gasteiger partial charge in [-0.05, 0) is 86.0 Å². The van der Waals surface area contributed by atoms with Gasteiger partial charge in [-0.3, -0.25) is 0 Å². The first-order chi connectivity index (χ1) is 29.3. The minimum Gasteiger partial charge on any atom is -0.551 e. The van der Waals surface area contributed by atoms with Gasteiger partial charge in [0.2, 0.25) is 0 Å². The molecule has 0 atom stereocenters. The Hall–Kier alpha value is -7.34. The van der Waals surface area contributed by atoms with E-state index in [0.717, 1.165) is 56.1 Å². The van der Waals surface area contributed by atoms with E-state index in [1.54, 1.807) is 0 Å². The van der Waals surface area contributed by atoms with Gasteiger partial charge < -0.3 is 14.0 Å². The second-order valence-corrected chi connectivity index (χ2v) is 19.4. The normalized spacial score (nSPS) is 12.6. The van der Waals surface area contributed by atoms with Crippen LogP contribution in [-0.4, -0.2) is 19.6 Å². The molecule has 2 aliphatic rings. The molecule has 0 saturated carbocycles. The molecule has 1 aromatic heterocycles. The molecule has 0 fully saturated rings. The molecule has 12 rings (SSSR count). The van der Waals surface area contributed by atoms with Crippen LogP contribution < -0.4 is 41.1 Å². The molecule has 3 nitrogen and oxygen atoms in total. The molecule has 10 aromatic rings. The van der Waals surface area contributed by atoms with Crippen LogP contribution in [0.5, 0.6) is 17.2 Å². The molecule has 0 unspecified atom stereocenters. The average molecular weight is 770 g/mol. The molecule has 0 amide bonds. The van der Waals surface area contributed by atoms with Crippen LogP contribution in [0.1, 0.15) is 0 Å². The van der Waals surface area contributed by atoms with E-state index in [4.69, 9.17) is 9.39 Å². The summed E-state index contributed by atoms with van der Waals surface area (Å²) < 4.78 is 16.2. The molecule has 0 N–H and O–H groups in total. The van der Waals surface area contributed by atoms with Gasteiger partial charge in [-0.25, -0.2) is 0 Å². The van der Waals surface area contributed by atoms with Crippen molar-refractivity contribution in [1.29, 1.82) is 0 Å². The fraction of sp³-hybridized carbons (Fsp3) is 0. The van der Waals surface area contributed by atoms with E-state index in [0.29, 0.717) is 0 Å². The molecule has 0 aliphatic carbocycles. The maximum Gasteiger partial charge on any atom is 0.434 e. The third kappa shape index (κ3) is 5.15. The highest BCUT2D eigenvalue weighted by molar-refractivity contribution is 7.19. The third-order valence-electron chi connectivity index (χ3n) is 12.4. The van der Waals surface area contributed by atoms with Crippen LogP contribution in [0.15, 0.2) is 218 Å². The van der Waals surface area contributed by atoms with Crippen molar-refractivity contribution < 1.29 is 9.39 Å². The molecule has 2 aliphatic heterocycles. The lowest BCUT2D eigenvalue weighted by molar-refractivity contribution is 0.479. The molecular weight excluding hydrogens is 733 g/mol. The molecule has 0 radical (unpaired) electrons. The molecule has 0 bridgehead atoms. The number of aromatic nitrogens is 1. The second-order valence-electron chi connectivity index (χ2n) is 15.6. The maximum atomic E-state index is 6.99. The Morgan fingerprint density at radius 1 is 0.390 bits per heavy atom. The molecular formula is C54H36BNO2Si. The van der Waals surface area contributed by atoms with Crippen molar-refractivity contribution in [2.45, 2.75) is 0 Å². The molecule has 0 saturated heterocycles. The Bertz CT molecular complexity index is 3090. The van der Waals surface area contributed by atoms with Crippen molar-refractivity contribution >= 4 is 68.5 Å². The summed E-state index contributed by atoms with van der Waals surface area (Å²) in [4.78, 5) is 0. The second kappa shape index (κ2) is 13.4. The Balaban J connectivity index is 1.09. The van der Waals surface area contributed by atoms with E-state index in [2.05, 4.69) is 217 Å². The van der Waals surface area contributed by atoms with E-state index >= 15 is 0 Å². The molecule has 9 aromatic carbocycles. The fourth-order valence-corrected chi connectivity index (χ4v) is 14.6. The van der Waals surface area contributed by atoms with Gasteiger partial charge in [0.25, 0.3) is 0 Å². The van der Waals surface area contributed by atoms with Crippen LogP contribution in [0.25, 0.3) is 49.7 Å². The summed E-state index contributed by atoms with van der Waals surface area (Å²) in [5, 5.41) is 7.85. The highest BCUT2D eigenvalue weighted by atomic mass is 28.3. The predicted octanol–water partition coefficient (Wildman–Crippen LogP) is 9.10. The Labute approximate surface area is 344 Å². The predicted molar refractivity (Wildman–Crippen MR) is 247 cm³/mol. The van der Waals surface area contributed by atoms with E-state index < -0.39 is 8.07 Å². The standard InChI is InChI=1S/C54H36BNO2Si/c1-4-18-40(19-5-1)59(41-20-6-2-7-21-41,42-22-8-3-9-23-42)43-24-16-17-37(33-43)38-34-47-46-36-39(56-49-28-13-10-25-44(49)45-26-11-14-29-50(45)56)31-32-51(46)58-55-48-27-12-15-30-52(48)57-53(35-38)54(47)55/h1-36H. The summed E-state index contributed by atoms with van der Waals surface area (Å²) in [6, 6.07) is 79.5. The number of fused-ring (bicyclic) bond motifs is 7. The third-order valence-corrected chi connectivity index (χ3v) is 17.2. The van der Waals surface area contributed by atoms with Gasteiger partial charge in [0.1, 0.15) is 17.2 Å². The van der Waals surface area contributed by atoms with Gasteiger partial charge in [-0.2, -0.15) is 0 Å². The van der Waals surface area contributed by atoms with Crippen molar-refractivity contribution in [1.82, 2.24) is 4.57 Å². The van der Waals surface area contributed by atoms with Crippen LogP contribution in [0.3, 0.4) is 0 Å². The fourth-order valence-electron chi connectivity index (χ4n) is 9.85. The number of hydrogen-bond donors (Lipinski definition) is 0. The monoisotopic (exact) mass is 769 g/mol. The van der Waals surface area contributed by atoms with Gasteiger partial charge >= 0.3 is 6.92 Å². The van der Waals surface area contributed by atoms with Crippen molar-refractivity contribution in [3.8, 4) is 45.2 Å². The zero-order chi connectivity index (χ0) is 38.9. The lowest BCUT2D eigenvalue weighted by Gasteiger charge is -2.35. The van der Waals surface area contributed by atoms with Gasteiger partial charge in [0.05, 0.1) is 11.0 Å². The van der Waals surface area contributed by atoms with Crippen LogP contribution in [0.2, 0.25) is 0 Å². The molecule has 276 valence electrons. The number of rotatable bonds is 6. The van der Waals surface area contributed by atoms with Crippen LogP contribution in [0.4, 0.5) is 0 Å². The first kappa shape index (κ1) is 33.8. The van der Waals surface area contributed by atoms with E-state index in [1.807, 2.05) is 6.07 Å². The first-order valence-corrected chi connectivity index (χ1v) is 22.3. The minimum absolute atomic E-state index is 0.286. The summed E-state index contributed by atoms with van der Waals surface area (Å²) in [5.41, 5.74) is 9.98. The highest BCUT2D eigenvalue weighted by Gasteiger charge is 2.43. The summed E-state index contributed by atoms with van der Waals surface area (Å²) in [7, 11) is -2.76.